The van der Waals surface area contributed by atoms with Crippen molar-refractivity contribution in [2.75, 3.05) is 6.61 Å². The summed E-state index contributed by atoms with van der Waals surface area (Å²) in [5.41, 5.74) is 1.94. The Hall–Kier alpha value is -2.92. The molecule has 2 atom stereocenters. The molecule has 0 aromatic heterocycles. The third kappa shape index (κ3) is 6.37. The Bertz CT molecular complexity index is 1240. The first-order valence-electron chi connectivity index (χ1n) is 13.7. The summed E-state index contributed by atoms with van der Waals surface area (Å²) in [7, 11) is 0. The van der Waals surface area contributed by atoms with Crippen LogP contribution in [0.2, 0.25) is 0 Å². The van der Waals surface area contributed by atoms with Crippen molar-refractivity contribution in [1.29, 1.82) is 0 Å². The molecule has 5 heteroatoms. The van der Waals surface area contributed by atoms with Crippen LogP contribution in [0, 0.1) is 23.3 Å². The van der Waals surface area contributed by atoms with Crippen molar-refractivity contribution in [3.63, 3.8) is 0 Å². The van der Waals surface area contributed by atoms with Crippen LogP contribution in [0.5, 0.6) is 0 Å². The number of aryl methyl sites for hydroxylation is 1. The van der Waals surface area contributed by atoms with Crippen molar-refractivity contribution in [2.45, 2.75) is 77.2 Å². The first-order chi connectivity index (χ1) is 18.4. The van der Waals surface area contributed by atoms with Gasteiger partial charge in [0.2, 0.25) is 0 Å². The zero-order chi connectivity index (χ0) is 27.1. The Morgan fingerprint density at radius 1 is 0.737 bits per heavy atom. The number of halogens is 4. The maximum atomic E-state index is 15.1. The summed E-state index contributed by atoms with van der Waals surface area (Å²) in [6.07, 6.45) is 11.1. The van der Waals surface area contributed by atoms with Gasteiger partial charge in [-0.2, -0.15) is 0 Å². The Morgan fingerprint density at radius 3 is 1.97 bits per heavy atom. The SMILES string of the molecule is CC=CC1CCC(c2ccc(-c3ccc(-c4ccc(CCCCCCC)c(F)c4F)cc3)c(F)c2F)CO1. The normalized spacial score (nSPS) is 17.8. The number of hydrogen-bond donors (Lipinski definition) is 0. The molecular weight excluding hydrogens is 488 g/mol. The molecule has 0 bridgehead atoms. The van der Waals surface area contributed by atoms with E-state index in [0.29, 0.717) is 35.3 Å². The van der Waals surface area contributed by atoms with Gasteiger partial charge in [-0.05, 0) is 54.9 Å². The van der Waals surface area contributed by atoms with Crippen molar-refractivity contribution in [3.8, 4) is 22.3 Å². The van der Waals surface area contributed by atoms with Gasteiger partial charge < -0.3 is 4.74 Å². The Kier molecular flexibility index (Phi) is 9.79. The first kappa shape index (κ1) is 28.1. The molecule has 1 nitrogen and oxygen atoms in total. The average molecular weight is 525 g/mol. The number of benzene rings is 3. The summed E-state index contributed by atoms with van der Waals surface area (Å²) in [5.74, 6) is -3.65. The molecule has 38 heavy (non-hydrogen) atoms. The molecule has 0 saturated carbocycles. The van der Waals surface area contributed by atoms with Crippen molar-refractivity contribution >= 4 is 0 Å². The van der Waals surface area contributed by atoms with Gasteiger partial charge in [0.1, 0.15) is 0 Å². The van der Waals surface area contributed by atoms with E-state index in [9.17, 15) is 8.78 Å². The molecule has 3 aromatic rings. The average Bonchev–Trinajstić information content (AvgIpc) is 2.93. The van der Waals surface area contributed by atoms with Crippen LogP contribution in [0.1, 0.15) is 75.8 Å². The fourth-order valence-electron chi connectivity index (χ4n) is 5.24. The highest BCUT2D eigenvalue weighted by atomic mass is 19.2. The molecule has 0 radical (unpaired) electrons. The monoisotopic (exact) mass is 524 g/mol. The van der Waals surface area contributed by atoms with Crippen LogP contribution in [-0.4, -0.2) is 12.7 Å². The summed E-state index contributed by atoms with van der Waals surface area (Å²) in [6, 6.07) is 12.9. The molecule has 2 unspecified atom stereocenters. The zero-order valence-electron chi connectivity index (χ0n) is 22.2. The van der Waals surface area contributed by atoms with Crippen LogP contribution in [0.4, 0.5) is 17.6 Å². The van der Waals surface area contributed by atoms with E-state index in [1.165, 1.54) is 0 Å². The lowest BCUT2D eigenvalue weighted by Gasteiger charge is -2.28. The Labute approximate surface area is 223 Å². The Morgan fingerprint density at radius 2 is 1.37 bits per heavy atom. The van der Waals surface area contributed by atoms with E-state index < -0.39 is 23.3 Å². The maximum absolute atomic E-state index is 15.1. The van der Waals surface area contributed by atoms with Crippen LogP contribution in [0.15, 0.2) is 60.7 Å². The van der Waals surface area contributed by atoms with E-state index in [-0.39, 0.29) is 23.1 Å². The van der Waals surface area contributed by atoms with Gasteiger partial charge in [0, 0.05) is 17.0 Å². The number of unbranched alkanes of at least 4 members (excludes halogenated alkanes) is 4. The molecule has 0 aliphatic carbocycles. The molecule has 4 rings (SSSR count). The van der Waals surface area contributed by atoms with Crippen molar-refractivity contribution in [1.82, 2.24) is 0 Å². The van der Waals surface area contributed by atoms with E-state index in [4.69, 9.17) is 4.74 Å². The fourth-order valence-corrected chi connectivity index (χ4v) is 5.24. The van der Waals surface area contributed by atoms with Gasteiger partial charge >= 0.3 is 0 Å². The molecule has 202 valence electrons. The van der Waals surface area contributed by atoms with Gasteiger partial charge in [0.05, 0.1) is 12.7 Å². The molecule has 1 saturated heterocycles. The lowest BCUT2D eigenvalue weighted by Crippen LogP contribution is -2.24. The fraction of sp³-hybridized carbons (Fsp3) is 0.394. The number of hydrogen-bond acceptors (Lipinski definition) is 1. The molecule has 0 N–H and O–H groups in total. The minimum Gasteiger partial charge on any atom is -0.374 e. The quantitative estimate of drug-likeness (QED) is 0.146. The van der Waals surface area contributed by atoms with Gasteiger partial charge in [0.25, 0.3) is 0 Å². The summed E-state index contributed by atoms with van der Waals surface area (Å²) in [4.78, 5) is 0. The first-order valence-corrected chi connectivity index (χ1v) is 13.7. The molecule has 1 aliphatic heterocycles. The predicted molar refractivity (Wildman–Crippen MR) is 146 cm³/mol. The standard InChI is InChI=1S/C33H36F4O/c1-3-5-6-7-8-10-24-16-18-27(31(35)30(24)34)22-11-13-23(14-12-22)28-19-20-29(33(37)32(28)36)25-15-17-26(9-4-2)38-21-25/h4,9,11-14,16,18-20,25-26H,3,5-8,10,15,17,21H2,1-2H3. The van der Waals surface area contributed by atoms with Crippen LogP contribution in [0.25, 0.3) is 22.3 Å². The van der Waals surface area contributed by atoms with Gasteiger partial charge in [-0.25, -0.2) is 17.6 Å². The van der Waals surface area contributed by atoms with E-state index in [2.05, 4.69) is 6.92 Å². The third-order valence-electron chi connectivity index (χ3n) is 7.49. The molecule has 0 amide bonds. The highest BCUT2D eigenvalue weighted by Crippen LogP contribution is 2.35. The minimum atomic E-state index is -0.911. The highest BCUT2D eigenvalue weighted by Gasteiger charge is 2.26. The Balaban J connectivity index is 1.48. The summed E-state index contributed by atoms with van der Waals surface area (Å²) in [5, 5.41) is 0. The molecule has 0 spiro atoms. The lowest BCUT2D eigenvalue weighted by molar-refractivity contribution is 0.0317. The van der Waals surface area contributed by atoms with E-state index in [1.54, 1.807) is 48.5 Å². The van der Waals surface area contributed by atoms with Crippen LogP contribution >= 0.6 is 0 Å². The molecular formula is C33H36F4O. The number of allylic oxidation sites excluding steroid dienone is 1. The molecule has 1 aliphatic rings. The summed E-state index contributed by atoms with van der Waals surface area (Å²) >= 11 is 0. The summed E-state index contributed by atoms with van der Waals surface area (Å²) < 4.78 is 65.6. The van der Waals surface area contributed by atoms with Gasteiger partial charge in [-0.15, -0.1) is 0 Å². The third-order valence-corrected chi connectivity index (χ3v) is 7.49. The van der Waals surface area contributed by atoms with Crippen LogP contribution in [-0.2, 0) is 11.2 Å². The number of rotatable bonds is 10. The van der Waals surface area contributed by atoms with E-state index in [0.717, 1.165) is 44.9 Å². The van der Waals surface area contributed by atoms with Gasteiger partial charge in [-0.1, -0.05) is 93.3 Å². The van der Waals surface area contributed by atoms with E-state index >= 15 is 8.78 Å². The van der Waals surface area contributed by atoms with Crippen LogP contribution in [0.3, 0.4) is 0 Å². The van der Waals surface area contributed by atoms with Crippen molar-refractivity contribution in [3.05, 3.63) is 95.1 Å². The lowest BCUT2D eigenvalue weighted by atomic mass is 9.89. The zero-order valence-corrected chi connectivity index (χ0v) is 22.2. The topological polar surface area (TPSA) is 9.23 Å². The second-order valence-corrected chi connectivity index (χ2v) is 10.1. The number of ether oxygens (including phenoxy) is 1. The summed E-state index contributed by atoms with van der Waals surface area (Å²) in [6.45, 7) is 4.41. The highest BCUT2D eigenvalue weighted by molar-refractivity contribution is 5.71. The molecule has 3 aromatic carbocycles. The minimum absolute atomic E-state index is 0.0204. The van der Waals surface area contributed by atoms with Gasteiger partial charge in [-0.3, -0.25) is 0 Å². The smallest absolute Gasteiger partial charge is 0.166 e. The van der Waals surface area contributed by atoms with Crippen LogP contribution < -0.4 is 0 Å². The van der Waals surface area contributed by atoms with Gasteiger partial charge in [0.15, 0.2) is 23.3 Å². The van der Waals surface area contributed by atoms with Crippen molar-refractivity contribution in [2.24, 2.45) is 0 Å². The van der Waals surface area contributed by atoms with E-state index in [1.807, 2.05) is 19.1 Å². The second kappa shape index (κ2) is 13.2. The second-order valence-electron chi connectivity index (χ2n) is 10.1. The predicted octanol–water partition coefficient (Wildman–Crippen LogP) is 9.93. The largest absolute Gasteiger partial charge is 0.374 e. The molecule has 1 fully saturated rings. The molecule has 1 heterocycles. The maximum Gasteiger partial charge on any atom is 0.166 e. The van der Waals surface area contributed by atoms with Crippen molar-refractivity contribution < 1.29 is 22.3 Å².